The minimum absolute atomic E-state index is 0.277. The Hall–Kier alpha value is -3.60. The Morgan fingerprint density at radius 3 is 2.62 bits per heavy atom. The molecule has 11 heteroatoms. The summed E-state index contributed by atoms with van der Waals surface area (Å²) in [6.45, 7) is 3.30. The summed E-state index contributed by atoms with van der Waals surface area (Å²) in [5, 5.41) is 33.7. The number of halogens is 1. The normalized spacial score (nSPS) is 16.3. The number of hydrogen-bond donors (Lipinski definition) is 3. The lowest BCUT2D eigenvalue weighted by Crippen LogP contribution is -2.43. The van der Waals surface area contributed by atoms with Crippen LogP contribution in [0.15, 0.2) is 18.3 Å². The van der Waals surface area contributed by atoms with E-state index in [1.54, 1.807) is 16.6 Å². The zero-order valence-corrected chi connectivity index (χ0v) is 18.0. The number of nitrogens with zero attached hydrogens (tertiary/aromatic N) is 7. The van der Waals surface area contributed by atoms with E-state index in [-0.39, 0.29) is 5.95 Å². The van der Waals surface area contributed by atoms with Gasteiger partial charge in [0.25, 0.3) is 0 Å². The summed E-state index contributed by atoms with van der Waals surface area (Å²) in [6, 6.07) is 8.13. The molecule has 0 bridgehead atoms. The first kappa shape index (κ1) is 20.3. The largest absolute Gasteiger partial charge is 0.368 e. The minimum Gasteiger partial charge on any atom is -0.368 e. The predicted molar refractivity (Wildman–Crippen MR) is 121 cm³/mol. The Balaban J connectivity index is 1.55. The molecule has 32 heavy (non-hydrogen) atoms. The standard InChI is InChI=1S/C21H21ClN10/c22-18-16(8-13(10-23)9-17(18)31-6-4-25-5-7-31)28-20-29-19-14(11-24)12-26-32(19)21(30-20)27-15-2-1-3-15/h8-9,12,15,25H,1-7H2,(H2,27,28,29,30). The highest BCUT2D eigenvalue weighted by atomic mass is 35.5. The van der Waals surface area contributed by atoms with Gasteiger partial charge >= 0.3 is 0 Å². The van der Waals surface area contributed by atoms with Crippen LogP contribution in [0.3, 0.4) is 0 Å². The Morgan fingerprint density at radius 1 is 1.12 bits per heavy atom. The molecule has 1 aliphatic carbocycles. The van der Waals surface area contributed by atoms with Crippen molar-refractivity contribution in [3.63, 3.8) is 0 Å². The van der Waals surface area contributed by atoms with Crippen LogP contribution < -0.4 is 20.9 Å². The summed E-state index contributed by atoms with van der Waals surface area (Å²) in [4.78, 5) is 11.3. The number of rotatable bonds is 5. The molecule has 5 rings (SSSR count). The smallest absolute Gasteiger partial charge is 0.232 e. The molecule has 10 nitrogen and oxygen atoms in total. The van der Waals surface area contributed by atoms with Crippen LogP contribution in [0.4, 0.5) is 23.3 Å². The number of benzene rings is 1. The Bertz CT molecular complexity index is 1240. The maximum Gasteiger partial charge on any atom is 0.232 e. The van der Waals surface area contributed by atoms with E-state index in [9.17, 15) is 10.5 Å². The van der Waals surface area contributed by atoms with E-state index in [2.05, 4.69) is 48.1 Å². The highest BCUT2D eigenvalue weighted by molar-refractivity contribution is 6.36. The second kappa shape index (κ2) is 8.50. The van der Waals surface area contributed by atoms with E-state index in [1.165, 1.54) is 12.6 Å². The van der Waals surface area contributed by atoms with Crippen molar-refractivity contribution in [2.75, 3.05) is 41.7 Å². The van der Waals surface area contributed by atoms with Crippen LogP contribution in [0, 0.1) is 22.7 Å². The van der Waals surface area contributed by atoms with Crippen LogP contribution in [0.1, 0.15) is 30.4 Å². The van der Waals surface area contributed by atoms with Crippen molar-refractivity contribution in [3.05, 3.63) is 34.5 Å². The molecule has 0 atom stereocenters. The molecule has 2 fully saturated rings. The molecule has 0 unspecified atom stereocenters. The first-order chi connectivity index (χ1) is 15.7. The van der Waals surface area contributed by atoms with Crippen molar-refractivity contribution in [1.29, 1.82) is 10.5 Å². The number of fused-ring (bicyclic) bond motifs is 1. The molecule has 0 radical (unpaired) electrons. The highest BCUT2D eigenvalue weighted by Gasteiger charge is 2.22. The van der Waals surface area contributed by atoms with Crippen molar-refractivity contribution in [2.24, 2.45) is 0 Å². The van der Waals surface area contributed by atoms with Gasteiger partial charge in [-0.25, -0.2) is 0 Å². The van der Waals surface area contributed by atoms with Gasteiger partial charge in [0.2, 0.25) is 11.9 Å². The average molecular weight is 449 g/mol. The van der Waals surface area contributed by atoms with Gasteiger partial charge in [-0.2, -0.15) is 30.1 Å². The zero-order valence-electron chi connectivity index (χ0n) is 17.3. The molecule has 1 aliphatic heterocycles. The van der Waals surface area contributed by atoms with Crippen molar-refractivity contribution >= 4 is 40.5 Å². The molecule has 1 aromatic carbocycles. The molecule has 3 heterocycles. The molecule has 1 saturated carbocycles. The van der Waals surface area contributed by atoms with Gasteiger partial charge in [-0.3, -0.25) is 0 Å². The van der Waals surface area contributed by atoms with Crippen molar-refractivity contribution in [1.82, 2.24) is 24.9 Å². The molecule has 0 spiro atoms. The maximum atomic E-state index is 9.56. The zero-order chi connectivity index (χ0) is 22.1. The van der Waals surface area contributed by atoms with E-state index in [0.29, 0.717) is 39.5 Å². The van der Waals surface area contributed by atoms with E-state index >= 15 is 0 Å². The quantitative estimate of drug-likeness (QED) is 0.539. The van der Waals surface area contributed by atoms with Crippen LogP contribution in [-0.4, -0.2) is 51.8 Å². The number of anilines is 4. The van der Waals surface area contributed by atoms with E-state index < -0.39 is 0 Å². The molecule has 2 aromatic heterocycles. The lowest BCUT2D eigenvalue weighted by molar-refractivity contribution is 0.442. The second-order valence-electron chi connectivity index (χ2n) is 7.88. The Morgan fingerprint density at radius 2 is 1.94 bits per heavy atom. The lowest BCUT2D eigenvalue weighted by Gasteiger charge is -2.31. The fourth-order valence-corrected chi connectivity index (χ4v) is 4.14. The Labute approximate surface area is 189 Å². The van der Waals surface area contributed by atoms with Crippen LogP contribution >= 0.6 is 11.6 Å². The summed E-state index contributed by atoms with van der Waals surface area (Å²) in [6.07, 6.45) is 4.77. The molecule has 1 saturated heterocycles. The third kappa shape index (κ3) is 3.75. The number of nitriles is 2. The molecule has 3 aromatic rings. The highest BCUT2D eigenvalue weighted by Crippen LogP contribution is 2.36. The van der Waals surface area contributed by atoms with E-state index in [0.717, 1.165) is 44.7 Å². The van der Waals surface area contributed by atoms with Crippen molar-refractivity contribution in [3.8, 4) is 12.1 Å². The lowest BCUT2D eigenvalue weighted by atomic mass is 9.93. The predicted octanol–water partition coefficient (Wildman–Crippen LogP) is 2.64. The van der Waals surface area contributed by atoms with Gasteiger partial charge in [0.1, 0.15) is 11.6 Å². The van der Waals surface area contributed by atoms with Gasteiger partial charge in [0, 0.05) is 32.2 Å². The summed E-state index contributed by atoms with van der Waals surface area (Å²) in [7, 11) is 0. The van der Waals surface area contributed by atoms with Gasteiger partial charge in [-0.05, 0) is 31.4 Å². The van der Waals surface area contributed by atoms with Crippen molar-refractivity contribution < 1.29 is 0 Å². The van der Waals surface area contributed by atoms with Gasteiger partial charge in [-0.15, -0.1) is 0 Å². The topological polar surface area (TPSA) is 130 Å². The van der Waals surface area contributed by atoms with Crippen LogP contribution in [0.2, 0.25) is 5.02 Å². The third-order valence-electron chi connectivity index (χ3n) is 5.81. The summed E-state index contributed by atoms with van der Waals surface area (Å²) in [5.41, 5.74) is 2.58. The van der Waals surface area contributed by atoms with Gasteiger partial charge < -0.3 is 20.9 Å². The average Bonchev–Trinajstić information content (AvgIpc) is 3.21. The van der Waals surface area contributed by atoms with Crippen LogP contribution in [0.25, 0.3) is 5.65 Å². The third-order valence-corrected chi connectivity index (χ3v) is 6.21. The van der Waals surface area contributed by atoms with Crippen LogP contribution in [-0.2, 0) is 0 Å². The maximum absolute atomic E-state index is 9.56. The number of aromatic nitrogens is 4. The van der Waals surface area contributed by atoms with E-state index in [4.69, 9.17) is 11.6 Å². The summed E-state index contributed by atoms with van der Waals surface area (Å²) >= 11 is 6.76. The SMILES string of the molecule is N#Cc1cc(Nc2nc(NC3CCC3)n3ncc(C#N)c3n2)c(Cl)c(N2CCNCC2)c1. The molecule has 2 aliphatic rings. The number of nitrogens with one attached hydrogen (secondary N) is 3. The van der Waals surface area contributed by atoms with Crippen LogP contribution in [0.5, 0.6) is 0 Å². The van der Waals surface area contributed by atoms with Crippen molar-refractivity contribution in [2.45, 2.75) is 25.3 Å². The van der Waals surface area contributed by atoms with Gasteiger partial charge in [-0.1, -0.05) is 11.6 Å². The molecule has 0 amide bonds. The van der Waals surface area contributed by atoms with Gasteiger partial charge in [0.15, 0.2) is 5.65 Å². The van der Waals surface area contributed by atoms with E-state index in [1.807, 2.05) is 0 Å². The number of hydrogen-bond acceptors (Lipinski definition) is 9. The molecular formula is C21H21ClN10. The second-order valence-corrected chi connectivity index (χ2v) is 8.26. The summed E-state index contributed by atoms with van der Waals surface area (Å²) < 4.78 is 1.54. The minimum atomic E-state index is 0.277. The molecule has 3 N–H and O–H groups in total. The fraction of sp³-hybridized carbons (Fsp3) is 0.381. The molecular weight excluding hydrogens is 428 g/mol. The number of piperazine rings is 1. The first-order valence-electron chi connectivity index (χ1n) is 10.5. The summed E-state index contributed by atoms with van der Waals surface area (Å²) in [5.74, 6) is 0.790. The first-order valence-corrected chi connectivity index (χ1v) is 10.9. The van der Waals surface area contributed by atoms with Gasteiger partial charge in [0.05, 0.1) is 34.2 Å². The fourth-order valence-electron chi connectivity index (χ4n) is 3.86. The Kier molecular flexibility index (Phi) is 5.39. The molecule has 162 valence electrons. The monoisotopic (exact) mass is 448 g/mol.